The molecule has 5 nitrogen and oxygen atoms in total. The summed E-state index contributed by atoms with van der Waals surface area (Å²) in [5, 5.41) is 0. The minimum Gasteiger partial charge on any atom is -0.491 e. The van der Waals surface area contributed by atoms with Gasteiger partial charge in [-0.2, -0.15) is 0 Å². The summed E-state index contributed by atoms with van der Waals surface area (Å²) in [4.78, 5) is 31.6. The van der Waals surface area contributed by atoms with Crippen molar-refractivity contribution in [1.82, 2.24) is 9.80 Å². The molecule has 2 amide bonds. The Hall–Kier alpha value is -3.67. The predicted molar refractivity (Wildman–Crippen MR) is 150 cm³/mol. The van der Waals surface area contributed by atoms with E-state index in [0.29, 0.717) is 30.8 Å². The number of benzene rings is 3. The molecule has 3 aromatic rings. The molecule has 1 heterocycles. The highest BCUT2D eigenvalue weighted by Gasteiger charge is 2.46. The van der Waals surface area contributed by atoms with Crippen LogP contribution in [0.1, 0.15) is 60.0 Å². The fraction of sp³-hybridized carbons (Fsp3) is 0.394. The van der Waals surface area contributed by atoms with E-state index < -0.39 is 5.41 Å². The maximum atomic E-state index is 14.7. The van der Waals surface area contributed by atoms with E-state index in [1.54, 1.807) is 23.1 Å². The smallest absolute Gasteiger partial charge is 0.257 e. The van der Waals surface area contributed by atoms with Crippen LogP contribution in [0.3, 0.4) is 0 Å². The highest BCUT2D eigenvalue weighted by molar-refractivity contribution is 5.96. The number of carbonyl (C=O) groups excluding carboxylic acids is 2. The number of hydrogen-bond acceptors (Lipinski definition) is 3. The Labute approximate surface area is 230 Å². The average Bonchev–Trinajstić information content (AvgIpc) is 3.46. The second kappa shape index (κ2) is 12.0. The van der Waals surface area contributed by atoms with Crippen molar-refractivity contribution < 1.29 is 18.7 Å². The predicted octanol–water partition coefficient (Wildman–Crippen LogP) is 6.02. The largest absolute Gasteiger partial charge is 0.491 e. The van der Waals surface area contributed by atoms with Crippen LogP contribution in [0.2, 0.25) is 0 Å². The van der Waals surface area contributed by atoms with Gasteiger partial charge in [-0.15, -0.1) is 0 Å². The van der Waals surface area contributed by atoms with Crippen molar-refractivity contribution in [3.8, 4) is 5.75 Å². The van der Waals surface area contributed by atoms with Crippen molar-refractivity contribution in [1.29, 1.82) is 0 Å². The van der Waals surface area contributed by atoms with Crippen molar-refractivity contribution in [3.63, 3.8) is 0 Å². The first kappa shape index (κ1) is 26.9. The van der Waals surface area contributed by atoms with Crippen molar-refractivity contribution >= 4 is 11.8 Å². The summed E-state index contributed by atoms with van der Waals surface area (Å²) in [6, 6.07) is 23.8. The highest BCUT2D eigenvalue weighted by Crippen LogP contribution is 2.43. The molecule has 39 heavy (non-hydrogen) atoms. The topological polar surface area (TPSA) is 49.9 Å². The summed E-state index contributed by atoms with van der Waals surface area (Å²) in [5.41, 5.74) is 1.90. The minimum atomic E-state index is -0.662. The third-order valence-corrected chi connectivity index (χ3v) is 8.32. The molecule has 5 rings (SSSR count). The van der Waals surface area contributed by atoms with E-state index in [1.165, 1.54) is 12.1 Å². The minimum absolute atomic E-state index is 0.0556. The Morgan fingerprint density at radius 1 is 0.897 bits per heavy atom. The van der Waals surface area contributed by atoms with Gasteiger partial charge in [0.2, 0.25) is 5.91 Å². The summed E-state index contributed by atoms with van der Waals surface area (Å²) in [6.07, 6.45) is 5.66. The lowest BCUT2D eigenvalue weighted by atomic mass is 9.77. The lowest BCUT2D eigenvalue weighted by Gasteiger charge is -2.40. The van der Waals surface area contributed by atoms with Gasteiger partial charge in [0.25, 0.3) is 5.91 Å². The second-order valence-electron chi connectivity index (χ2n) is 10.9. The number of nitrogens with zero attached hydrogens (tertiary/aromatic N) is 2. The molecule has 0 saturated heterocycles. The first-order valence-electron chi connectivity index (χ1n) is 14.1. The van der Waals surface area contributed by atoms with E-state index in [9.17, 15) is 14.0 Å². The summed E-state index contributed by atoms with van der Waals surface area (Å²) >= 11 is 0. The molecule has 204 valence electrons. The van der Waals surface area contributed by atoms with E-state index in [4.69, 9.17) is 4.74 Å². The third-order valence-electron chi connectivity index (χ3n) is 8.32. The van der Waals surface area contributed by atoms with E-state index in [1.807, 2.05) is 48.3 Å². The lowest BCUT2D eigenvalue weighted by Crippen LogP contribution is -2.53. The standard InChI is InChI=1S/C33H37FN2O3/c1-35-21-9-10-22-36(32(38)33(19-7-8-20-33)26-15-17-27(34)18-16-26)28(23-25-11-3-2-4-12-25)24-39-30-14-6-5-13-29(30)31(35)37/h2-6,11-18,28H,7-10,19-24H2,1H3/t28-/m0/s1. The van der Waals surface area contributed by atoms with Gasteiger partial charge in [0, 0.05) is 20.1 Å². The van der Waals surface area contributed by atoms with Gasteiger partial charge in [-0.1, -0.05) is 67.4 Å². The molecule has 0 N–H and O–H groups in total. The van der Waals surface area contributed by atoms with Gasteiger partial charge in [0.1, 0.15) is 18.2 Å². The number of amides is 2. The molecule has 0 spiro atoms. The van der Waals surface area contributed by atoms with Gasteiger partial charge >= 0.3 is 0 Å². The van der Waals surface area contributed by atoms with Crippen molar-refractivity contribution in [2.24, 2.45) is 0 Å². The molecule has 0 aromatic heterocycles. The number of halogens is 1. The number of ether oxygens (including phenoxy) is 1. The fourth-order valence-electron chi connectivity index (χ4n) is 6.14. The van der Waals surface area contributed by atoms with Gasteiger partial charge in [-0.05, 0) is 67.5 Å². The van der Waals surface area contributed by atoms with Gasteiger partial charge in [0.05, 0.1) is 17.0 Å². The van der Waals surface area contributed by atoms with Crippen LogP contribution in [-0.4, -0.2) is 54.4 Å². The molecule has 0 unspecified atom stereocenters. The summed E-state index contributed by atoms with van der Waals surface area (Å²) in [7, 11) is 1.81. The van der Waals surface area contributed by atoms with Crippen LogP contribution in [0.15, 0.2) is 78.9 Å². The van der Waals surface area contributed by atoms with Crippen LogP contribution in [0.4, 0.5) is 4.39 Å². The molecule has 1 atom stereocenters. The van der Waals surface area contributed by atoms with Gasteiger partial charge in [-0.3, -0.25) is 9.59 Å². The molecule has 1 aliphatic heterocycles. The maximum absolute atomic E-state index is 14.7. The normalized spacial score (nSPS) is 19.9. The van der Waals surface area contributed by atoms with E-state index in [2.05, 4.69) is 12.1 Å². The number of fused-ring (bicyclic) bond motifs is 1. The fourth-order valence-corrected chi connectivity index (χ4v) is 6.14. The second-order valence-corrected chi connectivity index (χ2v) is 10.9. The zero-order valence-corrected chi connectivity index (χ0v) is 22.7. The van der Waals surface area contributed by atoms with E-state index >= 15 is 0 Å². The van der Waals surface area contributed by atoms with E-state index in [0.717, 1.165) is 49.7 Å². The van der Waals surface area contributed by atoms with Crippen molar-refractivity contribution in [3.05, 3.63) is 101 Å². The van der Waals surface area contributed by atoms with Crippen LogP contribution in [0.25, 0.3) is 0 Å². The van der Waals surface area contributed by atoms with Gasteiger partial charge in [0.15, 0.2) is 0 Å². The quantitative estimate of drug-likeness (QED) is 0.416. The van der Waals surface area contributed by atoms with Crippen LogP contribution < -0.4 is 4.74 Å². The van der Waals surface area contributed by atoms with Crippen molar-refractivity contribution in [2.75, 3.05) is 26.7 Å². The summed E-state index contributed by atoms with van der Waals surface area (Å²) < 4.78 is 20.2. The Morgan fingerprint density at radius 3 is 2.31 bits per heavy atom. The number of carbonyl (C=O) groups is 2. The third kappa shape index (κ3) is 5.85. The van der Waals surface area contributed by atoms with Crippen LogP contribution in [-0.2, 0) is 16.6 Å². The summed E-state index contributed by atoms with van der Waals surface area (Å²) in [6.45, 7) is 1.45. The van der Waals surface area contributed by atoms with Crippen LogP contribution in [0.5, 0.6) is 5.75 Å². The number of rotatable bonds is 4. The number of para-hydroxylation sites is 1. The molecule has 1 fully saturated rings. The molecule has 2 aliphatic rings. The Kier molecular flexibility index (Phi) is 8.30. The van der Waals surface area contributed by atoms with Crippen molar-refractivity contribution in [2.45, 2.75) is 56.4 Å². The monoisotopic (exact) mass is 528 g/mol. The van der Waals surface area contributed by atoms with Gasteiger partial charge < -0.3 is 14.5 Å². The zero-order chi connectivity index (χ0) is 27.2. The van der Waals surface area contributed by atoms with Crippen LogP contribution in [0, 0.1) is 5.82 Å². The van der Waals surface area contributed by atoms with Gasteiger partial charge in [-0.25, -0.2) is 4.39 Å². The first-order valence-corrected chi connectivity index (χ1v) is 14.1. The average molecular weight is 529 g/mol. The molecular formula is C33H37FN2O3. The van der Waals surface area contributed by atoms with Crippen LogP contribution >= 0.6 is 0 Å². The Morgan fingerprint density at radius 2 is 1.56 bits per heavy atom. The lowest BCUT2D eigenvalue weighted by molar-refractivity contribution is -0.140. The molecular weight excluding hydrogens is 491 g/mol. The van der Waals surface area contributed by atoms with E-state index in [-0.39, 0.29) is 30.3 Å². The molecule has 6 heteroatoms. The SMILES string of the molecule is CN1CCCCN(C(=O)C2(c3ccc(F)cc3)CCCC2)[C@@H](Cc2ccccc2)COc2ccccc2C1=O. The first-order chi connectivity index (χ1) is 19.0. The molecule has 3 aromatic carbocycles. The Balaban J connectivity index is 1.53. The molecule has 0 bridgehead atoms. The molecule has 1 aliphatic carbocycles. The number of hydrogen-bond donors (Lipinski definition) is 0. The Bertz CT molecular complexity index is 1270. The molecule has 0 radical (unpaired) electrons. The molecule has 1 saturated carbocycles. The zero-order valence-electron chi connectivity index (χ0n) is 22.7. The summed E-state index contributed by atoms with van der Waals surface area (Å²) in [5.74, 6) is 0.290. The highest BCUT2D eigenvalue weighted by atomic mass is 19.1. The maximum Gasteiger partial charge on any atom is 0.257 e.